The Bertz CT molecular complexity index is 1650. The first-order valence-corrected chi connectivity index (χ1v) is 10.9. The van der Waals surface area contributed by atoms with Gasteiger partial charge in [-0.05, 0) is 54.4 Å². The maximum absolute atomic E-state index is 13.2. The zero-order valence-electron chi connectivity index (χ0n) is 19.1. The summed E-state index contributed by atoms with van der Waals surface area (Å²) in [5.41, 5.74) is 1.54. The Labute approximate surface area is 206 Å². The molecule has 0 saturated heterocycles. The van der Waals surface area contributed by atoms with E-state index in [9.17, 15) is 26.7 Å². The molecule has 5 rings (SSSR count). The van der Waals surface area contributed by atoms with Crippen molar-refractivity contribution < 1.29 is 22.0 Å². The number of alkyl halides is 5. The van der Waals surface area contributed by atoms with Gasteiger partial charge in [0.2, 0.25) is 5.43 Å². The Morgan fingerprint density at radius 3 is 2.46 bits per heavy atom. The maximum Gasteiger partial charge on any atom is 0.416 e. The monoisotopic (exact) mass is 512 g/mol. The van der Waals surface area contributed by atoms with Crippen molar-refractivity contribution in [3.8, 4) is 33.9 Å². The number of halogens is 5. The minimum Gasteiger partial charge on any atom is -0.287 e. The van der Waals surface area contributed by atoms with Crippen molar-refractivity contribution in [1.82, 2.24) is 29.3 Å². The fourth-order valence-corrected chi connectivity index (χ4v) is 3.91. The third-order valence-electron chi connectivity index (χ3n) is 5.69. The number of aryl methyl sites for hydroxylation is 1. The minimum absolute atomic E-state index is 0.0147. The van der Waals surface area contributed by atoms with Gasteiger partial charge < -0.3 is 0 Å². The van der Waals surface area contributed by atoms with Crippen LogP contribution in [-0.2, 0) is 6.18 Å². The molecule has 0 aliphatic rings. The second-order valence-corrected chi connectivity index (χ2v) is 8.14. The van der Waals surface area contributed by atoms with Crippen molar-refractivity contribution in [2.75, 3.05) is 0 Å². The molecule has 7 nitrogen and oxygen atoms in total. The van der Waals surface area contributed by atoms with E-state index < -0.39 is 23.7 Å². The molecule has 0 radical (unpaired) electrons. The summed E-state index contributed by atoms with van der Waals surface area (Å²) in [4.78, 5) is 12.7. The van der Waals surface area contributed by atoms with Crippen LogP contribution in [0.2, 0.25) is 0 Å². The molecule has 188 valence electrons. The van der Waals surface area contributed by atoms with E-state index in [-0.39, 0.29) is 17.1 Å². The van der Waals surface area contributed by atoms with Gasteiger partial charge >= 0.3 is 12.7 Å². The quantitative estimate of drug-likeness (QED) is 0.285. The maximum atomic E-state index is 13.2. The van der Waals surface area contributed by atoms with Gasteiger partial charge in [0.05, 0.1) is 35.0 Å². The lowest BCUT2D eigenvalue weighted by Gasteiger charge is -2.13. The van der Waals surface area contributed by atoms with Crippen LogP contribution in [0.15, 0.2) is 84.2 Å². The van der Waals surface area contributed by atoms with E-state index in [1.54, 1.807) is 25.1 Å². The van der Waals surface area contributed by atoms with Gasteiger partial charge in [-0.2, -0.15) is 37.2 Å². The minimum atomic E-state index is -4.54. The summed E-state index contributed by atoms with van der Waals surface area (Å²) in [6.07, 6.45) is 0.874. The largest absolute Gasteiger partial charge is 0.416 e. The number of hydrogen-bond acceptors (Lipinski definition) is 4. The summed E-state index contributed by atoms with van der Waals surface area (Å²) in [6.45, 7) is -0.954. The second-order valence-electron chi connectivity index (χ2n) is 8.14. The summed E-state index contributed by atoms with van der Waals surface area (Å²) in [5, 5.41) is 12.2. The normalized spacial score (nSPS) is 11.9. The van der Waals surface area contributed by atoms with Crippen LogP contribution in [0.25, 0.3) is 33.9 Å². The number of benzene rings is 2. The molecule has 3 aromatic heterocycles. The van der Waals surface area contributed by atoms with Crippen molar-refractivity contribution in [3.05, 3.63) is 101 Å². The zero-order chi connectivity index (χ0) is 26.3. The highest BCUT2D eigenvalue weighted by Crippen LogP contribution is 2.31. The van der Waals surface area contributed by atoms with Gasteiger partial charge in [0.15, 0.2) is 5.69 Å². The van der Waals surface area contributed by atoms with Gasteiger partial charge in [-0.25, -0.2) is 14.0 Å². The van der Waals surface area contributed by atoms with Crippen LogP contribution >= 0.6 is 0 Å². The molecule has 0 aliphatic heterocycles. The molecule has 5 aromatic rings. The molecule has 0 fully saturated rings. The van der Waals surface area contributed by atoms with Gasteiger partial charge in [0.1, 0.15) is 0 Å². The van der Waals surface area contributed by atoms with Crippen LogP contribution in [0.1, 0.15) is 17.7 Å². The first-order valence-electron chi connectivity index (χ1n) is 10.9. The lowest BCUT2D eigenvalue weighted by atomic mass is 10.1. The molecule has 0 N–H and O–H groups in total. The van der Waals surface area contributed by atoms with Crippen molar-refractivity contribution in [3.63, 3.8) is 0 Å². The lowest BCUT2D eigenvalue weighted by molar-refractivity contribution is -0.137. The molecule has 0 saturated carbocycles. The Balaban J connectivity index is 1.53. The highest BCUT2D eigenvalue weighted by Gasteiger charge is 2.30. The van der Waals surface area contributed by atoms with Crippen molar-refractivity contribution in [2.45, 2.75) is 19.6 Å². The van der Waals surface area contributed by atoms with Crippen molar-refractivity contribution in [1.29, 1.82) is 0 Å². The first kappa shape index (κ1) is 24.1. The molecular formula is C25H17F5N6O. The Morgan fingerprint density at radius 2 is 1.76 bits per heavy atom. The predicted molar refractivity (Wildman–Crippen MR) is 125 cm³/mol. The molecule has 0 spiro atoms. The van der Waals surface area contributed by atoms with E-state index in [4.69, 9.17) is 0 Å². The van der Waals surface area contributed by atoms with Gasteiger partial charge in [0.25, 0.3) is 0 Å². The SMILES string of the molecule is Cc1cc(-c2cnn(C(F)F)c2)ccc1-n1ccc(=O)c(-c2ccnn2-c2cccc(C(F)(F)F)c2)n1. The standard InChI is InChI=1S/C25H17F5N6O/c1-15-11-16(17-13-32-35(14-17)24(26)27)5-6-20(15)34-10-8-22(37)23(33-34)21-7-9-31-36(21)19-4-2-3-18(12-19)25(28,29)30/h2-14,24H,1H3. The molecule has 0 bridgehead atoms. The number of nitrogens with zero attached hydrogens (tertiary/aromatic N) is 6. The van der Waals surface area contributed by atoms with E-state index in [1.165, 1.54) is 58.4 Å². The highest BCUT2D eigenvalue weighted by molar-refractivity contribution is 5.65. The third-order valence-corrected chi connectivity index (χ3v) is 5.69. The van der Waals surface area contributed by atoms with Gasteiger partial charge in [-0.1, -0.05) is 12.1 Å². The zero-order valence-corrected chi connectivity index (χ0v) is 19.1. The van der Waals surface area contributed by atoms with E-state index in [2.05, 4.69) is 15.3 Å². The summed E-state index contributed by atoms with van der Waals surface area (Å²) in [6, 6.07) is 12.6. The fourth-order valence-electron chi connectivity index (χ4n) is 3.91. The van der Waals surface area contributed by atoms with E-state index in [0.717, 1.165) is 17.7 Å². The van der Waals surface area contributed by atoms with Crippen LogP contribution in [0.5, 0.6) is 0 Å². The summed E-state index contributed by atoms with van der Waals surface area (Å²) in [7, 11) is 0. The number of aromatic nitrogens is 6. The molecule has 0 amide bonds. The van der Waals surface area contributed by atoms with E-state index in [0.29, 0.717) is 21.5 Å². The van der Waals surface area contributed by atoms with Crippen LogP contribution in [0.3, 0.4) is 0 Å². The molecule has 0 aliphatic carbocycles. The summed E-state index contributed by atoms with van der Waals surface area (Å²) < 4.78 is 68.6. The predicted octanol–water partition coefficient (Wildman–Crippen LogP) is 5.67. The Morgan fingerprint density at radius 1 is 0.946 bits per heavy atom. The van der Waals surface area contributed by atoms with Gasteiger partial charge in [-0.3, -0.25) is 4.79 Å². The average Bonchev–Trinajstić information content (AvgIpc) is 3.55. The van der Waals surface area contributed by atoms with E-state index >= 15 is 0 Å². The second kappa shape index (κ2) is 9.12. The smallest absolute Gasteiger partial charge is 0.287 e. The molecule has 3 heterocycles. The van der Waals surface area contributed by atoms with Crippen molar-refractivity contribution in [2.24, 2.45) is 0 Å². The highest BCUT2D eigenvalue weighted by atomic mass is 19.4. The molecular weight excluding hydrogens is 495 g/mol. The fraction of sp³-hybridized carbons (Fsp3) is 0.120. The van der Waals surface area contributed by atoms with Crippen LogP contribution in [-0.4, -0.2) is 29.3 Å². The van der Waals surface area contributed by atoms with Gasteiger partial charge in [0, 0.05) is 24.0 Å². The molecule has 0 atom stereocenters. The lowest BCUT2D eigenvalue weighted by Crippen LogP contribution is -2.15. The topological polar surface area (TPSA) is 70.5 Å². The number of rotatable bonds is 5. The molecule has 12 heteroatoms. The molecule has 2 aromatic carbocycles. The number of hydrogen-bond donors (Lipinski definition) is 0. The van der Waals surface area contributed by atoms with Crippen LogP contribution < -0.4 is 5.43 Å². The molecule has 37 heavy (non-hydrogen) atoms. The summed E-state index contributed by atoms with van der Waals surface area (Å²) >= 11 is 0. The first-order chi connectivity index (χ1) is 17.6. The Hall–Kier alpha value is -4.61. The average molecular weight is 512 g/mol. The Kier molecular flexibility index (Phi) is 5.94. The van der Waals surface area contributed by atoms with Gasteiger partial charge in [-0.15, -0.1) is 0 Å². The summed E-state index contributed by atoms with van der Waals surface area (Å²) in [5.74, 6) is 0. The molecule has 0 unspecified atom stereocenters. The third kappa shape index (κ3) is 4.65. The van der Waals surface area contributed by atoms with Crippen molar-refractivity contribution >= 4 is 0 Å². The van der Waals surface area contributed by atoms with E-state index in [1.807, 2.05) is 0 Å². The van der Waals surface area contributed by atoms with Crippen LogP contribution in [0, 0.1) is 6.92 Å². The van der Waals surface area contributed by atoms with Crippen LogP contribution in [0.4, 0.5) is 22.0 Å².